The van der Waals surface area contributed by atoms with Crippen LogP contribution in [0.1, 0.15) is 35.3 Å². The van der Waals surface area contributed by atoms with Gasteiger partial charge in [-0.15, -0.1) is 0 Å². The molecule has 0 bridgehead atoms. The van der Waals surface area contributed by atoms with E-state index in [1.807, 2.05) is 0 Å². The van der Waals surface area contributed by atoms with Gasteiger partial charge in [-0.2, -0.15) is 0 Å². The van der Waals surface area contributed by atoms with Crippen molar-refractivity contribution in [3.8, 4) is 0 Å². The van der Waals surface area contributed by atoms with Crippen molar-refractivity contribution < 1.29 is 28.7 Å². The summed E-state index contributed by atoms with van der Waals surface area (Å²) >= 11 is 5.83. The second kappa shape index (κ2) is 11.6. The molecule has 12 heteroatoms. The van der Waals surface area contributed by atoms with E-state index in [2.05, 4.69) is 20.9 Å². The summed E-state index contributed by atoms with van der Waals surface area (Å²) in [5.41, 5.74) is -0.373. The highest BCUT2D eigenvalue weighted by Gasteiger charge is 2.51. The van der Waals surface area contributed by atoms with E-state index in [4.69, 9.17) is 11.6 Å². The summed E-state index contributed by atoms with van der Waals surface area (Å²) in [6.45, 7) is 0.996. The minimum atomic E-state index is -2.27. The topological polar surface area (TPSA) is 144 Å². The molecule has 0 radical (unpaired) electrons. The Balaban J connectivity index is 1.39. The number of hydrogen-bond acceptors (Lipinski definition) is 5. The summed E-state index contributed by atoms with van der Waals surface area (Å²) in [5.74, 6) is -2.50. The molecule has 0 spiro atoms. The summed E-state index contributed by atoms with van der Waals surface area (Å²) in [5, 5.41) is 19.6. The molecule has 2 aromatic carbocycles. The molecule has 5 N–H and O–H groups in total. The Hall–Kier alpha value is -3.96. The van der Waals surface area contributed by atoms with Crippen molar-refractivity contribution in [2.75, 3.05) is 24.5 Å². The third-order valence-electron chi connectivity index (χ3n) is 6.32. The molecule has 10 nitrogen and oxygen atoms in total. The van der Waals surface area contributed by atoms with Gasteiger partial charge in [-0.25, -0.2) is 4.39 Å². The largest absolute Gasteiger partial charge is 0.372 e. The molecule has 200 valence electrons. The summed E-state index contributed by atoms with van der Waals surface area (Å²) in [7, 11) is 0. The monoisotopic (exact) mass is 543 g/mol. The minimum Gasteiger partial charge on any atom is -0.372 e. The predicted octanol–water partition coefficient (Wildman–Crippen LogP) is 2.00. The van der Waals surface area contributed by atoms with Gasteiger partial charge in [-0.1, -0.05) is 11.6 Å². The zero-order valence-corrected chi connectivity index (χ0v) is 21.1. The molecule has 1 saturated heterocycles. The lowest BCUT2D eigenvalue weighted by Crippen LogP contribution is -2.52. The van der Waals surface area contributed by atoms with Crippen LogP contribution in [0.25, 0.3) is 10.9 Å². The Bertz CT molecular complexity index is 1360. The molecule has 1 aromatic heterocycles. The number of unbranched alkanes of at least 4 members (excludes halogenated alkanes) is 1. The highest BCUT2D eigenvalue weighted by atomic mass is 35.5. The van der Waals surface area contributed by atoms with Gasteiger partial charge >= 0.3 is 0 Å². The molecule has 38 heavy (non-hydrogen) atoms. The Morgan fingerprint density at radius 3 is 2.68 bits per heavy atom. The summed E-state index contributed by atoms with van der Waals surface area (Å²) < 4.78 is 13.6. The number of aromatic amines is 1. The third-order valence-corrected chi connectivity index (χ3v) is 6.54. The number of amides is 4. The van der Waals surface area contributed by atoms with E-state index >= 15 is 0 Å². The number of rotatable bonds is 11. The highest BCUT2D eigenvalue weighted by molar-refractivity contribution is 6.30. The van der Waals surface area contributed by atoms with Crippen LogP contribution >= 0.6 is 11.6 Å². The molecule has 2 heterocycles. The molecule has 1 aliphatic heterocycles. The fraction of sp³-hybridized carbons (Fsp3) is 0.308. The van der Waals surface area contributed by atoms with E-state index in [0.717, 1.165) is 12.5 Å². The number of nitrogens with one attached hydrogen (secondary N) is 4. The number of fused-ring (bicyclic) bond motifs is 1. The molecule has 4 amide bonds. The van der Waals surface area contributed by atoms with Gasteiger partial charge in [0.25, 0.3) is 17.7 Å². The quantitative estimate of drug-likeness (QED) is 0.143. The van der Waals surface area contributed by atoms with E-state index in [1.165, 1.54) is 17.0 Å². The number of hydrogen-bond donors (Lipinski definition) is 5. The second-order valence-electron chi connectivity index (χ2n) is 9.02. The summed E-state index contributed by atoms with van der Waals surface area (Å²) in [4.78, 5) is 52.9. The SMILES string of the molecule is O=CNCCCCNC(=O)c1cc2cc(N3CC[C@](O)(C(=O)NCc4cc(F)cc(Cl)c4)C3=O)ccc2[nH]1. The van der Waals surface area contributed by atoms with Crippen molar-refractivity contribution in [3.05, 3.63) is 64.6 Å². The summed E-state index contributed by atoms with van der Waals surface area (Å²) in [6.07, 6.45) is 1.96. The zero-order valence-electron chi connectivity index (χ0n) is 20.4. The first-order chi connectivity index (χ1) is 18.2. The molecule has 3 aromatic rings. The fourth-order valence-electron chi connectivity index (χ4n) is 4.32. The Labute approximate surface area is 222 Å². The van der Waals surface area contributed by atoms with E-state index in [1.54, 1.807) is 24.3 Å². The van der Waals surface area contributed by atoms with Gasteiger partial charge in [-0.05, 0) is 60.9 Å². The number of nitrogens with zero attached hydrogens (tertiary/aromatic N) is 1. The first-order valence-corrected chi connectivity index (χ1v) is 12.4. The van der Waals surface area contributed by atoms with E-state index in [-0.39, 0.29) is 30.4 Å². The first kappa shape index (κ1) is 27.1. The van der Waals surface area contributed by atoms with E-state index in [9.17, 15) is 28.7 Å². The maximum absolute atomic E-state index is 13.6. The molecular weight excluding hydrogens is 517 g/mol. The molecule has 0 unspecified atom stereocenters. The van der Waals surface area contributed by atoms with Gasteiger partial charge in [0.2, 0.25) is 12.0 Å². The molecule has 4 rings (SSSR count). The average Bonchev–Trinajstić information content (AvgIpc) is 3.45. The van der Waals surface area contributed by atoms with Crippen molar-refractivity contribution >= 4 is 52.3 Å². The van der Waals surface area contributed by atoms with Gasteiger partial charge in [0.05, 0.1) is 0 Å². The smallest absolute Gasteiger partial charge is 0.268 e. The standard InChI is InChI=1S/C26H27ClFN5O5/c27-18-9-16(10-19(28)13-18)14-31-24(36)26(38)5-8-33(25(26)37)20-3-4-21-17(11-20)12-22(32-21)23(35)30-7-2-1-6-29-15-34/h3-4,9-13,15,32,38H,1-2,5-8,14H2,(H,29,34)(H,30,35)(H,31,36)/t26-/m0/s1. The molecule has 1 aliphatic rings. The zero-order chi connectivity index (χ0) is 27.3. The number of halogens is 2. The van der Waals surface area contributed by atoms with Gasteiger partial charge in [0, 0.05) is 54.2 Å². The minimum absolute atomic E-state index is 0.108. The molecule has 1 atom stereocenters. The molecular formula is C26H27ClFN5O5. The van der Waals surface area contributed by atoms with Crippen LogP contribution in [0.4, 0.5) is 10.1 Å². The van der Waals surface area contributed by atoms with E-state index < -0.39 is 23.2 Å². The Kier molecular flexibility index (Phi) is 8.28. The van der Waals surface area contributed by atoms with Crippen LogP contribution in [-0.4, -0.2) is 59.5 Å². The second-order valence-corrected chi connectivity index (χ2v) is 9.45. The van der Waals surface area contributed by atoms with Crippen LogP contribution in [0.2, 0.25) is 5.02 Å². The number of carbonyl (C=O) groups excluding carboxylic acids is 4. The number of aromatic nitrogens is 1. The average molecular weight is 544 g/mol. The predicted molar refractivity (Wildman–Crippen MR) is 139 cm³/mol. The van der Waals surface area contributed by atoms with Crippen molar-refractivity contribution in [1.82, 2.24) is 20.9 Å². The number of benzene rings is 2. The van der Waals surface area contributed by atoms with Crippen LogP contribution in [0.15, 0.2) is 42.5 Å². The maximum Gasteiger partial charge on any atom is 0.268 e. The normalized spacial score (nSPS) is 17.0. The lowest BCUT2D eigenvalue weighted by Gasteiger charge is -2.22. The lowest BCUT2D eigenvalue weighted by atomic mass is 10.0. The molecule has 0 saturated carbocycles. The highest BCUT2D eigenvalue weighted by Crippen LogP contribution is 2.31. The van der Waals surface area contributed by atoms with Crippen LogP contribution < -0.4 is 20.9 Å². The van der Waals surface area contributed by atoms with Gasteiger partial charge in [0.1, 0.15) is 11.5 Å². The van der Waals surface area contributed by atoms with E-state index in [0.29, 0.717) is 53.8 Å². The first-order valence-electron chi connectivity index (χ1n) is 12.1. The van der Waals surface area contributed by atoms with Crippen molar-refractivity contribution in [2.45, 2.75) is 31.4 Å². The molecule has 0 aliphatic carbocycles. The van der Waals surface area contributed by atoms with Crippen molar-refractivity contribution in [2.24, 2.45) is 0 Å². The van der Waals surface area contributed by atoms with Gasteiger partial charge in [0.15, 0.2) is 0 Å². The van der Waals surface area contributed by atoms with Gasteiger partial charge < -0.3 is 30.9 Å². The Morgan fingerprint density at radius 1 is 1.13 bits per heavy atom. The Morgan fingerprint density at radius 2 is 1.92 bits per heavy atom. The maximum atomic E-state index is 13.6. The van der Waals surface area contributed by atoms with Crippen LogP contribution in [-0.2, 0) is 20.9 Å². The summed E-state index contributed by atoms with van der Waals surface area (Å²) in [6, 6.07) is 10.5. The van der Waals surface area contributed by atoms with Gasteiger partial charge in [-0.3, -0.25) is 19.2 Å². The fourth-order valence-corrected chi connectivity index (χ4v) is 4.57. The number of H-pyrrole nitrogens is 1. The van der Waals surface area contributed by atoms with Crippen LogP contribution in [0.3, 0.4) is 0 Å². The third kappa shape index (κ3) is 5.95. The molecule has 1 fully saturated rings. The van der Waals surface area contributed by atoms with Crippen LogP contribution in [0.5, 0.6) is 0 Å². The number of aliphatic hydroxyl groups is 1. The van der Waals surface area contributed by atoms with Crippen molar-refractivity contribution in [1.29, 1.82) is 0 Å². The van der Waals surface area contributed by atoms with Crippen molar-refractivity contribution in [3.63, 3.8) is 0 Å². The van der Waals surface area contributed by atoms with Crippen LogP contribution in [0, 0.1) is 5.82 Å². The number of carbonyl (C=O) groups is 4. The lowest BCUT2D eigenvalue weighted by molar-refractivity contribution is -0.149. The number of anilines is 1.